The number of aromatic nitrogens is 4. The van der Waals surface area contributed by atoms with E-state index in [0.29, 0.717) is 18.2 Å². The highest BCUT2D eigenvalue weighted by atomic mass is 35.5. The minimum Gasteiger partial charge on any atom is -0.441 e. The number of halogens is 2. The van der Waals surface area contributed by atoms with Crippen LogP contribution in [0.5, 0.6) is 0 Å². The number of benzene rings is 1. The molecule has 1 aliphatic carbocycles. The van der Waals surface area contributed by atoms with Crippen LogP contribution in [-0.4, -0.2) is 44.8 Å². The van der Waals surface area contributed by atoms with E-state index in [4.69, 9.17) is 4.74 Å². The predicted molar refractivity (Wildman–Crippen MR) is 116 cm³/mol. The molecule has 1 aromatic carbocycles. The van der Waals surface area contributed by atoms with E-state index in [1.165, 1.54) is 10.7 Å². The first-order valence-electron chi connectivity index (χ1n) is 10.2. The van der Waals surface area contributed by atoms with Gasteiger partial charge in [0.05, 0.1) is 18.4 Å². The highest BCUT2D eigenvalue weighted by molar-refractivity contribution is 5.89. The van der Waals surface area contributed by atoms with Gasteiger partial charge in [-0.3, -0.25) is 10.00 Å². The molecule has 2 N–H and O–H groups in total. The molecule has 164 valence electrons. The summed E-state index contributed by atoms with van der Waals surface area (Å²) < 4.78 is 21.2. The molecule has 1 spiro atoms. The van der Waals surface area contributed by atoms with Crippen LogP contribution in [-0.2, 0) is 4.74 Å². The Morgan fingerprint density at radius 3 is 2.81 bits per heavy atom. The number of carbonyl (C=O) groups is 1. The van der Waals surface area contributed by atoms with Crippen LogP contribution >= 0.6 is 12.4 Å². The standard InChI is InChI=1S/C21H23FN6O2.ClH/c22-17-3-1-2-4-18(17)28-10-7-19(26-28)23-11-15-5-8-21(9-6-15)14-27(20(29)30-21)16-12-24-25-13-16;/h1-4,7,10,12-13,15H,5-6,8-9,11,14H2,(H,23,26)(H,24,25);1H. The van der Waals surface area contributed by atoms with Crippen molar-refractivity contribution in [2.75, 3.05) is 23.3 Å². The molecule has 0 atom stereocenters. The highest BCUT2D eigenvalue weighted by Crippen LogP contribution is 2.40. The van der Waals surface area contributed by atoms with Gasteiger partial charge in [-0.2, -0.15) is 10.2 Å². The number of hydrogen-bond donors (Lipinski definition) is 2. The van der Waals surface area contributed by atoms with Gasteiger partial charge in [0.15, 0.2) is 0 Å². The van der Waals surface area contributed by atoms with Gasteiger partial charge in [0.2, 0.25) is 0 Å². The Balaban J connectivity index is 0.00000231. The van der Waals surface area contributed by atoms with Crippen LogP contribution in [0.1, 0.15) is 25.7 Å². The van der Waals surface area contributed by atoms with Crippen molar-refractivity contribution in [2.45, 2.75) is 31.3 Å². The van der Waals surface area contributed by atoms with Crippen molar-refractivity contribution in [1.82, 2.24) is 20.0 Å². The van der Waals surface area contributed by atoms with Gasteiger partial charge in [-0.15, -0.1) is 12.4 Å². The summed E-state index contributed by atoms with van der Waals surface area (Å²) in [5, 5.41) is 14.4. The molecule has 0 bridgehead atoms. The van der Waals surface area contributed by atoms with E-state index >= 15 is 0 Å². The van der Waals surface area contributed by atoms with Crippen molar-refractivity contribution in [3.8, 4) is 5.69 Å². The Bertz CT molecular complexity index is 1030. The van der Waals surface area contributed by atoms with E-state index in [-0.39, 0.29) is 24.3 Å². The molecular weight excluding hydrogens is 423 g/mol. The molecule has 5 rings (SSSR count). The maximum absolute atomic E-state index is 13.9. The lowest BCUT2D eigenvalue weighted by Crippen LogP contribution is -2.39. The van der Waals surface area contributed by atoms with Gasteiger partial charge >= 0.3 is 6.09 Å². The number of para-hydroxylation sites is 1. The lowest BCUT2D eigenvalue weighted by molar-refractivity contribution is 0.0148. The Kier molecular flexibility index (Phi) is 5.86. The molecule has 2 aromatic heterocycles. The number of nitrogens with one attached hydrogen (secondary N) is 2. The summed E-state index contributed by atoms with van der Waals surface area (Å²) in [6, 6.07) is 8.41. The van der Waals surface area contributed by atoms with E-state index in [1.54, 1.807) is 41.7 Å². The summed E-state index contributed by atoms with van der Waals surface area (Å²) >= 11 is 0. The lowest BCUT2D eigenvalue weighted by atomic mass is 9.78. The fourth-order valence-corrected chi connectivity index (χ4v) is 4.32. The second kappa shape index (κ2) is 8.58. The molecule has 1 amide bonds. The molecular formula is C21H24ClFN6O2. The highest BCUT2D eigenvalue weighted by Gasteiger charge is 2.47. The Morgan fingerprint density at radius 2 is 2.06 bits per heavy atom. The molecule has 0 unspecified atom stereocenters. The third kappa shape index (κ3) is 4.23. The van der Waals surface area contributed by atoms with Gasteiger partial charge in [-0.1, -0.05) is 12.1 Å². The molecule has 8 nitrogen and oxygen atoms in total. The van der Waals surface area contributed by atoms with Crippen molar-refractivity contribution in [1.29, 1.82) is 0 Å². The molecule has 3 heterocycles. The smallest absolute Gasteiger partial charge is 0.415 e. The summed E-state index contributed by atoms with van der Waals surface area (Å²) in [5.41, 5.74) is 0.763. The van der Waals surface area contributed by atoms with E-state index in [1.807, 2.05) is 6.07 Å². The van der Waals surface area contributed by atoms with Gasteiger partial charge in [0.1, 0.15) is 22.9 Å². The minimum absolute atomic E-state index is 0. The van der Waals surface area contributed by atoms with Gasteiger partial charge < -0.3 is 10.1 Å². The van der Waals surface area contributed by atoms with Gasteiger partial charge in [0.25, 0.3) is 0 Å². The van der Waals surface area contributed by atoms with Crippen molar-refractivity contribution in [2.24, 2.45) is 5.92 Å². The predicted octanol–water partition coefficient (Wildman–Crippen LogP) is 4.15. The maximum atomic E-state index is 13.9. The number of anilines is 2. The summed E-state index contributed by atoms with van der Waals surface area (Å²) in [6.45, 7) is 1.35. The summed E-state index contributed by atoms with van der Waals surface area (Å²) in [6.07, 6.45) is 8.39. The number of H-pyrrole nitrogens is 1. The van der Waals surface area contributed by atoms with Gasteiger partial charge in [-0.25, -0.2) is 13.9 Å². The average Bonchev–Trinajstić information content (AvgIpc) is 3.49. The number of hydrogen-bond acceptors (Lipinski definition) is 5. The van der Waals surface area contributed by atoms with Crippen molar-refractivity contribution < 1.29 is 13.9 Å². The van der Waals surface area contributed by atoms with Crippen LogP contribution in [0.3, 0.4) is 0 Å². The maximum Gasteiger partial charge on any atom is 0.415 e. The molecule has 2 aliphatic rings. The lowest BCUT2D eigenvalue weighted by Gasteiger charge is -2.35. The molecule has 3 aromatic rings. The molecule has 1 saturated carbocycles. The largest absolute Gasteiger partial charge is 0.441 e. The zero-order valence-corrected chi connectivity index (χ0v) is 17.6. The summed E-state index contributed by atoms with van der Waals surface area (Å²) in [7, 11) is 0. The Morgan fingerprint density at radius 1 is 1.26 bits per heavy atom. The monoisotopic (exact) mass is 446 g/mol. The first-order chi connectivity index (χ1) is 14.6. The molecule has 31 heavy (non-hydrogen) atoms. The number of aromatic amines is 1. The van der Waals surface area contributed by atoms with Crippen LogP contribution in [0.15, 0.2) is 48.9 Å². The number of rotatable bonds is 5. The second-order valence-corrected chi connectivity index (χ2v) is 8.01. The number of nitrogens with zero attached hydrogens (tertiary/aromatic N) is 4. The van der Waals surface area contributed by atoms with E-state index < -0.39 is 5.60 Å². The zero-order chi connectivity index (χ0) is 20.6. The quantitative estimate of drug-likeness (QED) is 0.614. The van der Waals surface area contributed by atoms with Crippen molar-refractivity contribution in [3.05, 3.63) is 54.7 Å². The van der Waals surface area contributed by atoms with Gasteiger partial charge in [0, 0.05) is 25.0 Å². The first-order valence-corrected chi connectivity index (χ1v) is 10.2. The number of carbonyl (C=O) groups excluding carboxylic acids is 1. The normalized spacial score (nSPS) is 22.9. The van der Waals surface area contributed by atoms with Crippen LogP contribution in [0.2, 0.25) is 0 Å². The minimum atomic E-state index is -0.405. The Labute approximate surface area is 185 Å². The van der Waals surface area contributed by atoms with Crippen LogP contribution in [0.25, 0.3) is 5.69 Å². The zero-order valence-electron chi connectivity index (χ0n) is 16.8. The second-order valence-electron chi connectivity index (χ2n) is 8.01. The number of amides is 1. The van der Waals surface area contributed by atoms with Crippen molar-refractivity contribution >= 4 is 30.0 Å². The van der Waals surface area contributed by atoms with Crippen LogP contribution in [0, 0.1) is 11.7 Å². The molecule has 0 radical (unpaired) electrons. The third-order valence-electron chi connectivity index (χ3n) is 6.04. The molecule has 1 aliphatic heterocycles. The molecule has 2 fully saturated rings. The molecule has 10 heteroatoms. The summed E-state index contributed by atoms with van der Waals surface area (Å²) in [4.78, 5) is 13.9. The van der Waals surface area contributed by atoms with E-state index in [0.717, 1.165) is 43.7 Å². The molecule has 1 saturated heterocycles. The first kappa shape index (κ1) is 21.2. The third-order valence-corrected chi connectivity index (χ3v) is 6.04. The fourth-order valence-electron chi connectivity index (χ4n) is 4.32. The van der Waals surface area contributed by atoms with Crippen LogP contribution in [0.4, 0.5) is 20.7 Å². The van der Waals surface area contributed by atoms with Gasteiger partial charge in [-0.05, 0) is 43.7 Å². The summed E-state index contributed by atoms with van der Waals surface area (Å²) in [5.74, 6) is 0.883. The number of ether oxygens (including phenoxy) is 1. The topological polar surface area (TPSA) is 88.1 Å². The van der Waals surface area contributed by atoms with E-state index in [9.17, 15) is 9.18 Å². The van der Waals surface area contributed by atoms with E-state index in [2.05, 4.69) is 20.6 Å². The fraction of sp³-hybridized carbons (Fsp3) is 0.381. The average molecular weight is 447 g/mol. The van der Waals surface area contributed by atoms with Crippen LogP contribution < -0.4 is 10.2 Å². The SMILES string of the molecule is Cl.O=C1OC2(CCC(CNc3ccn(-c4ccccc4F)n3)CC2)CN1c1cn[nH]c1. The Hall–Kier alpha value is -3.07. The van der Waals surface area contributed by atoms with Crippen molar-refractivity contribution in [3.63, 3.8) is 0 Å².